The number of ether oxygens (including phenoxy) is 4. The molecule has 0 radical (unpaired) electrons. The minimum absolute atomic E-state index is 0.524. The van der Waals surface area contributed by atoms with Crippen LogP contribution >= 0.6 is 0 Å². The van der Waals surface area contributed by atoms with Crippen molar-refractivity contribution in [1.82, 2.24) is 4.98 Å². The molecule has 1 heterocycles. The minimum Gasteiger partial charge on any atom is -0.493 e. The van der Waals surface area contributed by atoms with Crippen molar-refractivity contribution in [2.75, 3.05) is 39.9 Å². The average Bonchev–Trinajstić information content (AvgIpc) is 2.68. The van der Waals surface area contributed by atoms with Gasteiger partial charge in [-0.3, -0.25) is 0 Å². The standard InChI is InChI=1S/C20H22N2O4/c1-23-10-11-26-16-6-4-15(5-7-16)22-20-17-13-19(25-3)18(24-2)12-14(17)8-9-21-20/h4-9,12-13H,10-11H2,1-3H3,(H,21,22). The highest BCUT2D eigenvalue weighted by molar-refractivity contribution is 5.95. The van der Waals surface area contributed by atoms with E-state index in [4.69, 9.17) is 18.9 Å². The van der Waals surface area contributed by atoms with Crippen molar-refractivity contribution < 1.29 is 18.9 Å². The van der Waals surface area contributed by atoms with Crippen molar-refractivity contribution >= 4 is 22.3 Å². The van der Waals surface area contributed by atoms with Gasteiger partial charge in [-0.05, 0) is 47.9 Å². The summed E-state index contributed by atoms with van der Waals surface area (Å²) in [6, 6.07) is 13.5. The van der Waals surface area contributed by atoms with Gasteiger partial charge in [0.2, 0.25) is 0 Å². The van der Waals surface area contributed by atoms with Gasteiger partial charge >= 0.3 is 0 Å². The van der Waals surface area contributed by atoms with Gasteiger partial charge in [-0.25, -0.2) is 4.98 Å². The van der Waals surface area contributed by atoms with Crippen molar-refractivity contribution in [2.24, 2.45) is 0 Å². The molecule has 0 amide bonds. The SMILES string of the molecule is COCCOc1ccc(Nc2nccc3cc(OC)c(OC)cc23)cc1. The number of anilines is 2. The van der Waals surface area contributed by atoms with Gasteiger partial charge in [0.1, 0.15) is 18.2 Å². The van der Waals surface area contributed by atoms with Crippen LogP contribution in [0.2, 0.25) is 0 Å². The third-order valence-corrected chi connectivity index (χ3v) is 3.94. The molecule has 3 rings (SSSR count). The number of methoxy groups -OCH3 is 3. The Balaban J connectivity index is 1.84. The summed E-state index contributed by atoms with van der Waals surface area (Å²) < 4.78 is 21.3. The normalized spacial score (nSPS) is 10.6. The molecule has 0 bridgehead atoms. The van der Waals surface area contributed by atoms with E-state index in [1.807, 2.05) is 42.5 Å². The minimum atomic E-state index is 0.524. The average molecular weight is 354 g/mol. The zero-order valence-electron chi connectivity index (χ0n) is 15.1. The number of hydrogen-bond donors (Lipinski definition) is 1. The fourth-order valence-corrected chi connectivity index (χ4v) is 2.61. The number of nitrogens with one attached hydrogen (secondary N) is 1. The smallest absolute Gasteiger partial charge is 0.161 e. The maximum Gasteiger partial charge on any atom is 0.161 e. The van der Waals surface area contributed by atoms with Gasteiger partial charge in [-0.2, -0.15) is 0 Å². The van der Waals surface area contributed by atoms with E-state index < -0.39 is 0 Å². The Bertz CT molecular complexity index is 866. The van der Waals surface area contributed by atoms with E-state index in [0.717, 1.165) is 28.0 Å². The molecule has 0 aliphatic heterocycles. The summed E-state index contributed by atoms with van der Waals surface area (Å²) in [7, 11) is 4.90. The number of rotatable bonds is 8. The van der Waals surface area contributed by atoms with Crippen LogP contribution in [-0.2, 0) is 4.74 Å². The molecule has 0 saturated heterocycles. The highest BCUT2D eigenvalue weighted by atomic mass is 16.5. The largest absolute Gasteiger partial charge is 0.493 e. The van der Waals surface area contributed by atoms with Crippen molar-refractivity contribution in [3.8, 4) is 17.2 Å². The Kier molecular flexibility index (Phi) is 5.76. The maximum absolute atomic E-state index is 5.58. The lowest BCUT2D eigenvalue weighted by molar-refractivity contribution is 0.146. The number of hydrogen-bond acceptors (Lipinski definition) is 6. The molecule has 0 saturated carbocycles. The summed E-state index contributed by atoms with van der Waals surface area (Å²) in [6.45, 7) is 1.08. The van der Waals surface area contributed by atoms with Gasteiger partial charge < -0.3 is 24.3 Å². The molecule has 6 nitrogen and oxygen atoms in total. The number of pyridine rings is 1. The summed E-state index contributed by atoms with van der Waals surface area (Å²) in [6.07, 6.45) is 1.76. The molecule has 1 aromatic heterocycles. The second kappa shape index (κ2) is 8.40. The lowest BCUT2D eigenvalue weighted by Gasteiger charge is -2.13. The summed E-state index contributed by atoms with van der Waals surface area (Å²) in [5, 5.41) is 5.31. The Morgan fingerprint density at radius 3 is 2.31 bits per heavy atom. The summed E-state index contributed by atoms with van der Waals surface area (Å²) in [4.78, 5) is 4.46. The van der Waals surface area contributed by atoms with E-state index >= 15 is 0 Å². The molecule has 136 valence electrons. The highest BCUT2D eigenvalue weighted by Gasteiger charge is 2.10. The molecule has 3 aromatic rings. The first kappa shape index (κ1) is 17.8. The van der Waals surface area contributed by atoms with Crippen molar-refractivity contribution in [3.63, 3.8) is 0 Å². The molecule has 0 spiro atoms. The maximum atomic E-state index is 5.58. The zero-order valence-corrected chi connectivity index (χ0v) is 15.1. The number of benzene rings is 2. The van der Waals surface area contributed by atoms with E-state index in [2.05, 4.69) is 10.3 Å². The Morgan fingerprint density at radius 1 is 0.885 bits per heavy atom. The lowest BCUT2D eigenvalue weighted by atomic mass is 10.1. The second-order valence-corrected chi connectivity index (χ2v) is 5.58. The van der Waals surface area contributed by atoms with Crippen LogP contribution in [0.1, 0.15) is 0 Å². The Labute approximate surface area is 152 Å². The van der Waals surface area contributed by atoms with Crippen LogP contribution in [0, 0.1) is 0 Å². The van der Waals surface area contributed by atoms with Crippen molar-refractivity contribution in [1.29, 1.82) is 0 Å². The van der Waals surface area contributed by atoms with Gasteiger partial charge in [0, 0.05) is 24.4 Å². The third kappa shape index (κ3) is 3.97. The van der Waals surface area contributed by atoms with Crippen LogP contribution in [0.4, 0.5) is 11.5 Å². The number of fused-ring (bicyclic) bond motifs is 1. The first-order valence-electron chi connectivity index (χ1n) is 8.24. The van der Waals surface area contributed by atoms with E-state index in [1.54, 1.807) is 27.5 Å². The predicted molar refractivity (Wildman–Crippen MR) is 102 cm³/mol. The van der Waals surface area contributed by atoms with E-state index in [1.165, 1.54) is 0 Å². The molecule has 0 unspecified atom stereocenters. The fraction of sp³-hybridized carbons (Fsp3) is 0.250. The summed E-state index contributed by atoms with van der Waals surface area (Å²) in [5.41, 5.74) is 0.916. The fourth-order valence-electron chi connectivity index (χ4n) is 2.61. The molecule has 6 heteroatoms. The van der Waals surface area contributed by atoms with Gasteiger partial charge in [0.25, 0.3) is 0 Å². The Morgan fingerprint density at radius 2 is 1.62 bits per heavy atom. The van der Waals surface area contributed by atoms with E-state index in [0.29, 0.717) is 24.7 Å². The van der Waals surface area contributed by atoms with Crippen LogP contribution < -0.4 is 19.5 Å². The molecule has 0 atom stereocenters. The van der Waals surface area contributed by atoms with Crippen LogP contribution in [0.15, 0.2) is 48.7 Å². The van der Waals surface area contributed by atoms with Crippen LogP contribution in [0.5, 0.6) is 17.2 Å². The molecular weight excluding hydrogens is 332 g/mol. The number of nitrogens with zero attached hydrogens (tertiary/aromatic N) is 1. The molecule has 0 fully saturated rings. The van der Waals surface area contributed by atoms with Gasteiger partial charge in [0.05, 0.1) is 20.8 Å². The monoisotopic (exact) mass is 354 g/mol. The second-order valence-electron chi connectivity index (χ2n) is 5.58. The first-order chi connectivity index (χ1) is 12.7. The van der Waals surface area contributed by atoms with E-state index in [-0.39, 0.29) is 0 Å². The summed E-state index contributed by atoms with van der Waals surface area (Å²) in [5.74, 6) is 2.90. The lowest BCUT2D eigenvalue weighted by Crippen LogP contribution is -2.04. The topological polar surface area (TPSA) is 61.8 Å². The highest BCUT2D eigenvalue weighted by Crippen LogP contribution is 2.35. The van der Waals surface area contributed by atoms with Crippen LogP contribution in [0.3, 0.4) is 0 Å². The molecule has 1 N–H and O–H groups in total. The molecular formula is C20H22N2O4. The quantitative estimate of drug-likeness (QED) is 0.617. The molecule has 0 aliphatic rings. The Hall–Kier alpha value is -2.99. The van der Waals surface area contributed by atoms with Crippen molar-refractivity contribution in [2.45, 2.75) is 0 Å². The molecule has 26 heavy (non-hydrogen) atoms. The van der Waals surface area contributed by atoms with Crippen molar-refractivity contribution in [3.05, 3.63) is 48.7 Å². The van der Waals surface area contributed by atoms with Gasteiger partial charge in [0.15, 0.2) is 11.5 Å². The summed E-state index contributed by atoms with van der Waals surface area (Å²) >= 11 is 0. The first-order valence-corrected chi connectivity index (χ1v) is 8.24. The zero-order chi connectivity index (χ0) is 18.4. The molecule has 2 aromatic carbocycles. The van der Waals surface area contributed by atoms with Gasteiger partial charge in [-0.15, -0.1) is 0 Å². The molecule has 0 aliphatic carbocycles. The number of aromatic nitrogens is 1. The van der Waals surface area contributed by atoms with Crippen LogP contribution in [-0.4, -0.2) is 39.5 Å². The van der Waals surface area contributed by atoms with Crippen LogP contribution in [0.25, 0.3) is 10.8 Å². The predicted octanol–water partition coefficient (Wildman–Crippen LogP) is 4.02. The van der Waals surface area contributed by atoms with E-state index in [9.17, 15) is 0 Å². The van der Waals surface area contributed by atoms with Gasteiger partial charge in [-0.1, -0.05) is 0 Å². The third-order valence-electron chi connectivity index (χ3n) is 3.94.